The van der Waals surface area contributed by atoms with Gasteiger partial charge in [-0.3, -0.25) is 0 Å². The van der Waals surface area contributed by atoms with Crippen LogP contribution in [0.3, 0.4) is 0 Å². The molecule has 3 nitrogen and oxygen atoms in total. The van der Waals surface area contributed by atoms with Gasteiger partial charge < -0.3 is 13.9 Å². The number of hydrogen-bond donors (Lipinski definition) is 0. The Kier molecular flexibility index (Phi) is 7.78. The van der Waals surface area contributed by atoms with Crippen LogP contribution in [0.1, 0.15) is 0 Å². The number of rotatable bonds is 6. The molecule has 10 aromatic carbocycles. The van der Waals surface area contributed by atoms with E-state index in [2.05, 4.69) is 216 Å². The molecular formula is C58H36N2OS. The van der Waals surface area contributed by atoms with Crippen LogP contribution in [0.15, 0.2) is 223 Å². The van der Waals surface area contributed by atoms with Crippen molar-refractivity contribution in [2.24, 2.45) is 0 Å². The number of para-hydroxylation sites is 2. The van der Waals surface area contributed by atoms with Crippen molar-refractivity contribution in [3.63, 3.8) is 0 Å². The number of anilines is 3. The summed E-state index contributed by atoms with van der Waals surface area (Å²) in [7, 11) is 0. The molecule has 0 spiro atoms. The molecule has 0 saturated carbocycles. The lowest BCUT2D eigenvalue weighted by molar-refractivity contribution is 0.669. The number of fused-ring (bicyclic) bond motifs is 11. The van der Waals surface area contributed by atoms with Crippen molar-refractivity contribution >= 4 is 103 Å². The van der Waals surface area contributed by atoms with Gasteiger partial charge in [0.05, 0.1) is 11.0 Å². The monoisotopic (exact) mass is 808 g/mol. The van der Waals surface area contributed by atoms with Crippen molar-refractivity contribution in [1.82, 2.24) is 4.57 Å². The van der Waals surface area contributed by atoms with E-state index in [1.165, 1.54) is 69.4 Å². The second-order valence-corrected chi connectivity index (χ2v) is 17.2. The van der Waals surface area contributed by atoms with Gasteiger partial charge in [0.2, 0.25) is 0 Å². The topological polar surface area (TPSA) is 21.3 Å². The number of hydrogen-bond acceptors (Lipinski definition) is 3. The molecule has 0 aliphatic carbocycles. The molecule has 13 aromatic rings. The summed E-state index contributed by atoms with van der Waals surface area (Å²) in [6.45, 7) is 0. The standard InChI is InChI=1S/C58H36N2OS/c1-2-12-41(13-3-1)60-52-35-40(26-32-47(52)49-33-25-38-11-4-5-14-46(38)58(49)60)37-21-27-42(28-22-37)59(44-31-34-54-51(36-44)48-15-6-8-18-53(48)61-54)43-29-23-39(24-30-43)45-17-10-20-56-57(45)50-16-7-9-19-55(50)62-56/h1-36H. The fraction of sp³-hybridized carbons (Fsp3) is 0. The van der Waals surface area contributed by atoms with Crippen molar-refractivity contribution < 1.29 is 4.42 Å². The van der Waals surface area contributed by atoms with Crippen LogP contribution >= 0.6 is 11.3 Å². The van der Waals surface area contributed by atoms with Crippen molar-refractivity contribution in [2.45, 2.75) is 0 Å². The zero-order valence-electron chi connectivity index (χ0n) is 33.5. The van der Waals surface area contributed by atoms with Gasteiger partial charge in [-0.05, 0) is 107 Å². The van der Waals surface area contributed by atoms with Gasteiger partial charge in [0.25, 0.3) is 0 Å². The molecule has 0 bridgehead atoms. The van der Waals surface area contributed by atoms with Crippen LogP contribution in [0.25, 0.3) is 103 Å². The van der Waals surface area contributed by atoms with E-state index in [0.717, 1.165) is 50.3 Å². The van der Waals surface area contributed by atoms with Crippen LogP contribution < -0.4 is 4.90 Å². The highest BCUT2D eigenvalue weighted by atomic mass is 32.1. The van der Waals surface area contributed by atoms with Gasteiger partial charge in [-0.25, -0.2) is 0 Å². The molecule has 290 valence electrons. The Morgan fingerprint density at radius 3 is 1.87 bits per heavy atom. The Labute approximate surface area is 361 Å². The second kappa shape index (κ2) is 13.8. The lowest BCUT2D eigenvalue weighted by Gasteiger charge is -2.26. The molecule has 0 N–H and O–H groups in total. The zero-order chi connectivity index (χ0) is 40.7. The largest absolute Gasteiger partial charge is 0.456 e. The minimum absolute atomic E-state index is 0.882. The molecule has 62 heavy (non-hydrogen) atoms. The van der Waals surface area contributed by atoms with Crippen molar-refractivity contribution in [1.29, 1.82) is 0 Å². The first-order valence-corrected chi connectivity index (χ1v) is 21.9. The highest BCUT2D eigenvalue weighted by Gasteiger charge is 2.19. The van der Waals surface area contributed by atoms with Gasteiger partial charge in [-0.15, -0.1) is 11.3 Å². The molecule has 0 aliphatic heterocycles. The maximum absolute atomic E-state index is 6.28. The van der Waals surface area contributed by atoms with E-state index in [9.17, 15) is 0 Å². The third-order valence-electron chi connectivity index (χ3n) is 12.6. The lowest BCUT2D eigenvalue weighted by Crippen LogP contribution is -2.09. The average molecular weight is 809 g/mol. The molecule has 4 heteroatoms. The third-order valence-corrected chi connectivity index (χ3v) is 13.7. The van der Waals surface area contributed by atoms with E-state index in [1.807, 2.05) is 23.5 Å². The summed E-state index contributed by atoms with van der Waals surface area (Å²) in [5, 5.41) is 9.84. The lowest BCUT2D eigenvalue weighted by atomic mass is 9.99. The molecule has 0 aliphatic rings. The smallest absolute Gasteiger partial charge is 0.135 e. The summed E-state index contributed by atoms with van der Waals surface area (Å²) in [4.78, 5) is 2.36. The van der Waals surface area contributed by atoms with Crippen LogP contribution in [-0.2, 0) is 0 Å². The SMILES string of the molecule is c1ccc(-n2c3cc(-c4ccc(N(c5ccc(-c6cccc7sc8ccccc8c67)cc5)c5ccc6oc7ccccc7c6c5)cc4)ccc3c3ccc4ccccc4c32)cc1. The zero-order valence-corrected chi connectivity index (χ0v) is 34.3. The van der Waals surface area contributed by atoms with Gasteiger partial charge in [0.15, 0.2) is 0 Å². The van der Waals surface area contributed by atoms with Crippen LogP contribution in [0, 0.1) is 0 Å². The first-order chi connectivity index (χ1) is 30.7. The second-order valence-electron chi connectivity index (χ2n) is 16.1. The van der Waals surface area contributed by atoms with Crippen molar-refractivity contribution in [3.8, 4) is 27.9 Å². The Hall–Kier alpha value is -7.92. The maximum Gasteiger partial charge on any atom is 0.135 e. The maximum atomic E-state index is 6.28. The quantitative estimate of drug-likeness (QED) is 0.167. The Balaban J connectivity index is 0.942. The Bertz CT molecular complexity index is 3860. The molecule has 0 fully saturated rings. The third kappa shape index (κ3) is 5.44. The van der Waals surface area contributed by atoms with Gasteiger partial charge in [0, 0.05) is 69.9 Å². The fourth-order valence-corrected chi connectivity index (χ4v) is 10.8. The molecule has 0 amide bonds. The summed E-state index contributed by atoms with van der Waals surface area (Å²) in [6.07, 6.45) is 0. The van der Waals surface area contributed by atoms with E-state index >= 15 is 0 Å². The summed E-state index contributed by atoms with van der Waals surface area (Å²) in [6, 6.07) is 79.2. The van der Waals surface area contributed by atoms with Crippen LogP contribution in [0.4, 0.5) is 17.1 Å². The number of nitrogens with zero attached hydrogens (tertiary/aromatic N) is 2. The van der Waals surface area contributed by atoms with Crippen LogP contribution in [-0.4, -0.2) is 4.57 Å². The minimum atomic E-state index is 0.882. The number of benzene rings is 10. The fourth-order valence-electron chi connectivity index (χ4n) is 9.71. The van der Waals surface area contributed by atoms with Gasteiger partial charge in [-0.2, -0.15) is 0 Å². The molecular weight excluding hydrogens is 773 g/mol. The molecule has 3 heterocycles. The predicted molar refractivity (Wildman–Crippen MR) is 264 cm³/mol. The van der Waals surface area contributed by atoms with Gasteiger partial charge in [-0.1, -0.05) is 140 Å². The normalized spacial score (nSPS) is 11.9. The molecule has 0 atom stereocenters. The van der Waals surface area contributed by atoms with Crippen molar-refractivity contribution in [3.05, 3.63) is 218 Å². The first-order valence-electron chi connectivity index (χ1n) is 21.1. The summed E-state index contributed by atoms with van der Waals surface area (Å²) >= 11 is 1.86. The van der Waals surface area contributed by atoms with Crippen LogP contribution in [0.5, 0.6) is 0 Å². The van der Waals surface area contributed by atoms with Gasteiger partial charge >= 0.3 is 0 Å². The van der Waals surface area contributed by atoms with E-state index in [4.69, 9.17) is 4.42 Å². The number of aromatic nitrogens is 1. The Morgan fingerprint density at radius 1 is 0.387 bits per heavy atom. The van der Waals surface area contributed by atoms with Crippen LogP contribution in [0.2, 0.25) is 0 Å². The first kappa shape index (κ1) is 34.9. The summed E-state index contributed by atoms with van der Waals surface area (Å²) in [5.74, 6) is 0. The molecule has 0 unspecified atom stereocenters. The minimum Gasteiger partial charge on any atom is -0.456 e. The molecule has 13 rings (SSSR count). The van der Waals surface area contributed by atoms with Gasteiger partial charge in [0.1, 0.15) is 11.2 Å². The van der Waals surface area contributed by atoms with E-state index in [1.54, 1.807) is 0 Å². The summed E-state index contributed by atoms with van der Waals surface area (Å²) in [5.41, 5.74) is 13.4. The number of furan rings is 1. The highest BCUT2D eigenvalue weighted by molar-refractivity contribution is 7.25. The van der Waals surface area contributed by atoms with E-state index in [0.29, 0.717) is 0 Å². The highest BCUT2D eigenvalue weighted by Crippen LogP contribution is 2.44. The Morgan fingerprint density at radius 2 is 1.03 bits per heavy atom. The molecule has 3 aromatic heterocycles. The molecule has 0 radical (unpaired) electrons. The average Bonchev–Trinajstić information content (AvgIpc) is 4.02. The number of thiophene rings is 1. The molecule has 0 saturated heterocycles. The van der Waals surface area contributed by atoms with Crippen molar-refractivity contribution in [2.75, 3.05) is 4.90 Å². The summed E-state index contributed by atoms with van der Waals surface area (Å²) < 4.78 is 11.3. The predicted octanol–water partition coefficient (Wildman–Crippen LogP) is 17.0. The van der Waals surface area contributed by atoms with E-state index in [-0.39, 0.29) is 0 Å². The van der Waals surface area contributed by atoms with E-state index < -0.39 is 0 Å².